The van der Waals surface area contributed by atoms with Crippen LogP contribution < -0.4 is 5.43 Å². The van der Waals surface area contributed by atoms with E-state index in [0.29, 0.717) is 4.47 Å². The fourth-order valence-corrected chi connectivity index (χ4v) is 3.09. The minimum Gasteiger partial charge on any atom is -0.504 e. The number of hydrogen-bond acceptors (Lipinski definition) is 3. The van der Waals surface area contributed by atoms with E-state index in [4.69, 9.17) is 0 Å². The summed E-state index contributed by atoms with van der Waals surface area (Å²) in [5.41, 5.74) is 1.26. The second kappa shape index (κ2) is 7.03. The molecule has 0 amide bonds. The van der Waals surface area contributed by atoms with Gasteiger partial charge in [0.2, 0.25) is 5.43 Å². The molecule has 0 saturated carbocycles. The average molecular weight is 424 g/mol. The molecular weight excluding hydrogens is 412 g/mol. The monoisotopic (exact) mass is 422 g/mol. The first-order chi connectivity index (χ1) is 10.4. The van der Waals surface area contributed by atoms with Crippen LogP contribution in [0.5, 0.6) is 5.75 Å². The summed E-state index contributed by atoms with van der Waals surface area (Å²) in [4.78, 5) is 24.2. The van der Waals surface area contributed by atoms with E-state index in [1.165, 1.54) is 18.2 Å². The fourth-order valence-electron chi connectivity index (χ4n) is 1.89. The second-order valence-electron chi connectivity index (χ2n) is 4.67. The first-order valence-electron chi connectivity index (χ1n) is 6.40. The summed E-state index contributed by atoms with van der Waals surface area (Å²) in [6.45, 7) is 1.94. The van der Waals surface area contributed by atoms with E-state index >= 15 is 0 Å². The Hall–Kier alpha value is -1.72. The number of carbonyl (C=O) groups excluding carboxylic acids is 1. The molecule has 5 heteroatoms. The molecule has 2 aromatic carbocycles. The topological polar surface area (TPSA) is 54.4 Å². The van der Waals surface area contributed by atoms with Gasteiger partial charge in [-0.3, -0.25) is 9.59 Å². The lowest BCUT2D eigenvalue weighted by atomic mass is 10.1. The predicted molar refractivity (Wildman–Crippen MR) is 94.3 cm³/mol. The van der Waals surface area contributed by atoms with Crippen LogP contribution in [0, 0.1) is 6.92 Å². The van der Waals surface area contributed by atoms with Gasteiger partial charge in [-0.15, -0.1) is 0 Å². The third kappa shape index (κ3) is 3.72. The number of aryl methyl sites for hydroxylation is 1. The molecule has 0 aliphatic rings. The number of halogens is 2. The summed E-state index contributed by atoms with van der Waals surface area (Å²) in [6.07, 6.45) is 3.01. The lowest BCUT2D eigenvalue weighted by Crippen LogP contribution is -2.03. The number of rotatable bonds is 3. The van der Waals surface area contributed by atoms with E-state index in [1.54, 1.807) is 6.08 Å². The predicted octanol–water partition coefficient (Wildman–Crippen LogP) is 4.48. The van der Waals surface area contributed by atoms with E-state index < -0.39 is 17.0 Å². The van der Waals surface area contributed by atoms with Gasteiger partial charge in [0.05, 0.1) is 10.0 Å². The van der Waals surface area contributed by atoms with Gasteiger partial charge in [-0.05, 0) is 52.2 Å². The van der Waals surface area contributed by atoms with E-state index in [0.717, 1.165) is 11.1 Å². The molecule has 112 valence electrons. The minimum absolute atomic E-state index is 0.0487. The fraction of sp³-hybridized carbons (Fsp3) is 0.0588. The largest absolute Gasteiger partial charge is 0.504 e. The number of aromatic hydroxyl groups is 1. The van der Waals surface area contributed by atoms with Gasteiger partial charge in [0.1, 0.15) is 0 Å². The molecule has 0 fully saturated rings. The SMILES string of the molecule is Cc1ccccc1C=CC(=O)c1cc(Br)cc(Br)c(=O)c1O. The minimum atomic E-state index is -0.627. The zero-order valence-corrected chi connectivity index (χ0v) is 14.8. The lowest BCUT2D eigenvalue weighted by Gasteiger charge is -1.99. The van der Waals surface area contributed by atoms with Crippen molar-refractivity contribution >= 4 is 43.7 Å². The summed E-state index contributed by atoms with van der Waals surface area (Å²) in [5, 5.41) is 9.97. The van der Waals surface area contributed by atoms with Gasteiger partial charge in [0.25, 0.3) is 0 Å². The molecule has 0 radical (unpaired) electrons. The molecular formula is C17H12Br2O3. The van der Waals surface area contributed by atoms with Crippen molar-refractivity contribution < 1.29 is 9.90 Å². The smallest absolute Gasteiger partial charge is 0.235 e. The first-order valence-corrected chi connectivity index (χ1v) is 7.99. The molecule has 1 N–H and O–H groups in total. The number of carbonyl (C=O) groups is 1. The molecule has 0 bridgehead atoms. The van der Waals surface area contributed by atoms with Crippen LogP contribution in [-0.2, 0) is 0 Å². The zero-order chi connectivity index (χ0) is 16.3. The summed E-state index contributed by atoms with van der Waals surface area (Å²) in [6, 6.07) is 10.5. The molecule has 0 spiro atoms. The molecule has 2 aromatic rings. The van der Waals surface area contributed by atoms with Crippen molar-refractivity contribution in [2.24, 2.45) is 0 Å². The Morgan fingerprint density at radius 1 is 1.18 bits per heavy atom. The third-order valence-corrected chi connectivity index (χ3v) is 4.15. The van der Waals surface area contributed by atoms with Crippen LogP contribution in [0.3, 0.4) is 0 Å². The number of ketones is 1. The molecule has 0 heterocycles. The molecule has 3 nitrogen and oxygen atoms in total. The summed E-state index contributed by atoms with van der Waals surface area (Å²) in [5.74, 6) is -1.02. The van der Waals surface area contributed by atoms with Crippen LogP contribution >= 0.6 is 31.9 Å². The van der Waals surface area contributed by atoms with E-state index in [-0.39, 0.29) is 10.0 Å². The highest BCUT2D eigenvalue weighted by molar-refractivity contribution is 9.11. The Balaban J connectivity index is 2.46. The lowest BCUT2D eigenvalue weighted by molar-refractivity contribution is 0.104. The maximum atomic E-state index is 12.3. The molecule has 22 heavy (non-hydrogen) atoms. The normalized spacial score (nSPS) is 10.9. The quantitative estimate of drug-likeness (QED) is 0.584. The van der Waals surface area contributed by atoms with E-state index in [9.17, 15) is 14.7 Å². The second-order valence-corrected chi connectivity index (χ2v) is 6.44. The molecule has 0 aromatic heterocycles. The van der Waals surface area contributed by atoms with Crippen LogP contribution in [-0.4, -0.2) is 10.9 Å². The molecule has 0 aliphatic heterocycles. The Morgan fingerprint density at radius 3 is 2.55 bits per heavy atom. The van der Waals surface area contributed by atoms with Gasteiger partial charge >= 0.3 is 0 Å². The van der Waals surface area contributed by atoms with Gasteiger partial charge in [-0.1, -0.05) is 46.3 Å². The van der Waals surface area contributed by atoms with Crippen molar-refractivity contribution in [3.63, 3.8) is 0 Å². The molecule has 0 saturated heterocycles. The first kappa shape index (κ1) is 16.6. The third-order valence-electron chi connectivity index (χ3n) is 3.10. The Kier molecular flexibility index (Phi) is 5.32. The maximum Gasteiger partial charge on any atom is 0.235 e. The molecule has 0 atom stereocenters. The van der Waals surface area contributed by atoms with Gasteiger partial charge in [-0.25, -0.2) is 0 Å². The summed E-state index contributed by atoms with van der Waals surface area (Å²) < 4.78 is 0.697. The average Bonchev–Trinajstić information content (AvgIpc) is 2.58. The number of benzene rings is 1. The molecule has 2 rings (SSSR count). The zero-order valence-electron chi connectivity index (χ0n) is 11.6. The van der Waals surface area contributed by atoms with Crippen LogP contribution in [0.4, 0.5) is 0 Å². The Labute approximate surface area is 144 Å². The van der Waals surface area contributed by atoms with Crippen molar-refractivity contribution in [3.8, 4) is 5.75 Å². The van der Waals surface area contributed by atoms with E-state index in [1.807, 2.05) is 31.2 Å². The van der Waals surface area contributed by atoms with Crippen molar-refractivity contribution in [2.75, 3.05) is 0 Å². The highest BCUT2D eigenvalue weighted by atomic mass is 79.9. The maximum absolute atomic E-state index is 12.3. The van der Waals surface area contributed by atoms with Crippen LogP contribution in [0.2, 0.25) is 0 Å². The van der Waals surface area contributed by atoms with Crippen molar-refractivity contribution in [1.82, 2.24) is 0 Å². The number of allylic oxidation sites excluding steroid dienone is 1. The highest BCUT2D eigenvalue weighted by Crippen LogP contribution is 2.21. The van der Waals surface area contributed by atoms with Crippen LogP contribution in [0.15, 0.2) is 56.2 Å². The van der Waals surface area contributed by atoms with E-state index in [2.05, 4.69) is 31.9 Å². The van der Waals surface area contributed by atoms with Crippen molar-refractivity contribution in [2.45, 2.75) is 6.92 Å². The molecule has 0 aliphatic carbocycles. The van der Waals surface area contributed by atoms with Gasteiger partial charge in [0.15, 0.2) is 11.5 Å². The van der Waals surface area contributed by atoms with Gasteiger partial charge in [0, 0.05) is 4.47 Å². The molecule has 0 unspecified atom stereocenters. The van der Waals surface area contributed by atoms with Crippen molar-refractivity contribution in [1.29, 1.82) is 0 Å². The Bertz CT molecular complexity index is 826. The van der Waals surface area contributed by atoms with Gasteiger partial charge < -0.3 is 5.11 Å². The van der Waals surface area contributed by atoms with Gasteiger partial charge in [-0.2, -0.15) is 0 Å². The number of hydrogen-bond donors (Lipinski definition) is 1. The summed E-state index contributed by atoms with van der Waals surface area (Å²) in [7, 11) is 0. The highest BCUT2D eigenvalue weighted by Gasteiger charge is 2.13. The van der Waals surface area contributed by atoms with Crippen LogP contribution in [0.25, 0.3) is 6.08 Å². The van der Waals surface area contributed by atoms with Crippen molar-refractivity contribution in [3.05, 3.63) is 78.3 Å². The van der Waals surface area contributed by atoms with Crippen LogP contribution in [0.1, 0.15) is 21.5 Å². The standard InChI is InChI=1S/C17H12Br2O3/c1-10-4-2-3-5-11(10)6-7-15(20)13-8-12(18)9-14(19)17(22)16(13)21/h2-9H,1H3,(H,21,22). The summed E-state index contributed by atoms with van der Waals surface area (Å²) >= 11 is 6.29. The Morgan fingerprint density at radius 2 is 1.86 bits per heavy atom.